The van der Waals surface area contributed by atoms with Crippen LogP contribution >= 0.6 is 47.8 Å². The number of aryl methyl sites for hydroxylation is 2. The van der Waals surface area contributed by atoms with Crippen molar-refractivity contribution in [2.45, 2.75) is 33.1 Å². The zero-order valence-electron chi connectivity index (χ0n) is 16.6. The number of aliphatic hydroxyl groups is 1. The molecule has 0 aliphatic carbocycles. The van der Waals surface area contributed by atoms with Gasteiger partial charge < -0.3 is 10.0 Å². The fourth-order valence-corrected chi connectivity index (χ4v) is 5.80. The first-order valence-electron chi connectivity index (χ1n) is 9.89. The Bertz CT molecular complexity index is 1060. The lowest BCUT2D eigenvalue weighted by molar-refractivity contribution is 0.240. The Morgan fingerprint density at radius 3 is 2.38 bits per heavy atom. The van der Waals surface area contributed by atoms with Crippen LogP contribution in [0.3, 0.4) is 0 Å². The highest BCUT2D eigenvalue weighted by molar-refractivity contribution is 9.13. The van der Waals surface area contributed by atoms with E-state index in [9.17, 15) is 5.11 Å². The topological polar surface area (TPSA) is 41.3 Å². The van der Waals surface area contributed by atoms with Crippen molar-refractivity contribution in [3.63, 3.8) is 0 Å². The predicted octanol–water partition coefficient (Wildman–Crippen LogP) is 6.53. The second-order valence-corrected chi connectivity index (χ2v) is 10.4. The monoisotopic (exact) mass is 583 g/mol. The minimum absolute atomic E-state index is 0.295. The number of anilines is 1. The third kappa shape index (κ3) is 4.16. The van der Waals surface area contributed by atoms with Gasteiger partial charge in [-0.1, -0.05) is 0 Å². The van der Waals surface area contributed by atoms with E-state index in [1.165, 1.54) is 16.6 Å². The third-order valence-corrected chi connectivity index (χ3v) is 8.27. The number of piperidine rings is 1. The SMILES string of the molecule is Cc1cc(N2CCC(CCO)CC2)c2c(C)cn(-c3cc(Br)c(Br)cc3Br)c2n1. The number of nitrogens with zero attached hydrogens (tertiary/aromatic N) is 3. The van der Waals surface area contributed by atoms with Gasteiger partial charge in [-0.25, -0.2) is 4.98 Å². The molecule has 2 aromatic heterocycles. The van der Waals surface area contributed by atoms with Crippen LogP contribution in [0.2, 0.25) is 0 Å². The number of pyridine rings is 1. The molecule has 0 bridgehead atoms. The molecule has 0 amide bonds. The van der Waals surface area contributed by atoms with E-state index < -0.39 is 0 Å². The molecule has 1 aromatic carbocycles. The first-order valence-corrected chi connectivity index (χ1v) is 12.3. The summed E-state index contributed by atoms with van der Waals surface area (Å²) in [4.78, 5) is 7.42. The molecule has 0 radical (unpaired) electrons. The number of aliphatic hydroxyl groups excluding tert-OH is 1. The summed E-state index contributed by atoms with van der Waals surface area (Å²) in [5.41, 5.74) is 5.58. The summed E-state index contributed by atoms with van der Waals surface area (Å²) in [6.07, 6.45) is 5.36. The van der Waals surface area contributed by atoms with Gasteiger partial charge >= 0.3 is 0 Å². The van der Waals surface area contributed by atoms with Crippen LogP contribution in [0.4, 0.5) is 5.69 Å². The highest BCUT2D eigenvalue weighted by Crippen LogP contribution is 2.38. The normalized spacial score (nSPS) is 15.4. The van der Waals surface area contributed by atoms with Gasteiger partial charge in [-0.15, -0.1) is 0 Å². The molecule has 3 heterocycles. The van der Waals surface area contributed by atoms with Gasteiger partial charge in [-0.3, -0.25) is 4.57 Å². The minimum atomic E-state index is 0.295. The van der Waals surface area contributed by atoms with Crippen LogP contribution in [0.15, 0.2) is 37.8 Å². The van der Waals surface area contributed by atoms with Gasteiger partial charge in [0.15, 0.2) is 0 Å². The summed E-state index contributed by atoms with van der Waals surface area (Å²) in [7, 11) is 0. The number of hydrogen-bond acceptors (Lipinski definition) is 3. The van der Waals surface area contributed by atoms with E-state index >= 15 is 0 Å². The van der Waals surface area contributed by atoms with Crippen molar-refractivity contribution in [2.24, 2.45) is 5.92 Å². The van der Waals surface area contributed by atoms with Gasteiger partial charge in [0, 0.05) is 56.1 Å². The van der Waals surface area contributed by atoms with E-state index in [4.69, 9.17) is 4.98 Å². The largest absolute Gasteiger partial charge is 0.396 e. The van der Waals surface area contributed by atoms with Crippen molar-refractivity contribution in [3.05, 3.63) is 49.1 Å². The Morgan fingerprint density at radius 1 is 1.00 bits per heavy atom. The smallest absolute Gasteiger partial charge is 0.147 e. The van der Waals surface area contributed by atoms with Crippen molar-refractivity contribution in [2.75, 3.05) is 24.6 Å². The van der Waals surface area contributed by atoms with Gasteiger partial charge in [0.2, 0.25) is 0 Å². The van der Waals surface area contributed by atoms with Crippen molar-refractivity contribution in [1.29, 1.82) is 0 Å². The fraction of sp³-hybridized carbons (Fsp3) is 0.409. The van der Waals surface area contributed by atoms with Gasteiger partial charge in [0.1, 0.15) is 5.65 Å². The van der Waals surface area contributed by atoms with Gasteiger partial charge in [0.25, 0.3) is 0 Å². The summed E-state index contributed by atoms with van der Waals surface area (Å²) in [6, 6.07) is 6.39. The van der Waals surface area contributed by atoms with Crippen LogP contribution in [-0.4, -0.2) is 34.4 Å². The number of benzene rings is 1. The number of halogens is 3. The molecule has 0 spiro atoms. The maximum Gasteiger partial charge on any atom is 0.147 e. The Labute approximate surface area is 196 Å². The fourth-order valence-electron chi connectivity index (χ4n) is 4.29. The molecule has 1 aliphatic heterocycles. The lowest BCUT2D eigenvalue weighted by atomic mass is 9.93. The van der Waals surface area contributed by atoms with Gasteiger partial charge in [-0.05, 0) is 111 Å². The molecule has 0 saturated carbocycles. The molecule has 7 heteroatoms. The van der Waals surface area contributed by atoms with E-state index in [0.717, 1.165) is 62.8 Å². The molecular formula is C22H24Br3N3O. The van der Waals surface area contributed by atoms with E-state index in [2.05, 4.69) is 95.5 Å². The highest BCUT2D eigenvalue weighted by Gasteiger charge is 2.23. The predicted molar refractivity (Wildman–Crippen MR) is 130 cm³/mol. The average Bonchev–Trinajstić information content (AvgIpc) is 3.01. The summed E-state index contributed by atoms with van der Waals surface area (Å²) < 4.78 is 5.21. The summed E-state index contributed by atoms with van der Waals surface area (Å²) >= 11 is 10.9. The van der Waals surface area contributed by atoms with Crippen LogP contribution in [0, 0.1) is 19.8 Å². The molecule has 1 N–H and O–H groups in total. The second kappa shape index (κ2) is 8.69. The lowest BCUT2D eigenvalue weighted by Gasteiger charge is -2.34. The number of rotatable bonds is 4. The third-order valence-electron chi connectivity index (χ3n) is 5.79. The van der Waals surface area contributed by atoms with Crippen molar-refractivity contribution in [3.8, 4) is 5.69 Å². The minimum Gasteiger partial charge on any atom is -0.396 e. The molecule has 0 atom stereocenters. The first kappa shape index (κ1) is 21.3. The van der Waals surface area contributed by atoms with Crippen LogP contribution in [0.1, 0.15) is 30.5 Å². The molecule has 1 aliphatic rings. The standard InChI is InChI=1S/C22H24Br3N3O/c1-13-12-28(19-11-17(24)16(23)10-18(19)25)22-21(13)20(9-14(2)26-22)27-6-3-15(4-7-27)5-8-29/h9-12,15,29H,3-8H2,1-2H3. The number of aromatic nitrogens is 2. The van der Waals surface area contributed by atoms with E-state index in [1.54, 1.807) is 0 Å². The Balaban J connectivity index is 1.81. The zero-order chi connectivity index (χ0) is 20.7. The molecule has 154 valence electrons. The number of hydrogen-bond donors (Lipinski definition) is 1. The Hall–Kier alpha value is -0.890. The molecule has 1 fully saturated rings. The molecule has 29 heavy (non-hydrogen) atoms. The molecule has 0 unspecified atom stereocenters. The maximum absolute atomic E-state index is 9.25. The van der Waals surface area contributed by atoms with E-state index in [-0.39, 0.29) is 0 Å². The van der Waals surface area contributed by atoms with Gasteiger partial charge in [-0.2, -0.15) is 0 Å². The molecule has 4 nitrogen and oxygen atoms in total. The Kier molecular flexibility index (Phi) is 6.40. The van der Waals surface area contributed by atoms with Crippen molar-refractivity contribution in [1.82, 2.24) is 9.55 Å². The quantitative estimate of drug-likeness (QED) is 0.354. The molecule has 4 rings (SSSR count). The number of fused-ring (bicyclic) bond motifs is 1. The second-order valence-electron chi connectivity index (χ2n) is 7.82. The summed E-state index contributed by atoms with van der Waals surface area (Å²) in [6.45, 7) is 6.59. The highest BCUT2D eigenvalue weighted by atomic mass is 79.9. The van der Waals surface area contributed by atoms with Gasteiger partial charge in [0.05, 0.1) is 5.69 Å². The van der Waals surface area contributed by atoms with E-state index in [0.29, 0.717) is 12.5 Å². The summed E-state index contributed by atoms with van der Waals surface area (Å²) in [5.74, 6) is 0.636. The zero-order valence-corrected chi connectivity index (χ0v) is 21.3. The average molecular weight is 586 g/mol. The van der Waals surface area contributed by atoms with Crippen LogP contribution < -0.4 is 4.90 Å². The van der Waals surface area contributed by atoms with Crippen LogP contribution in [-0.2, 0) is 0 Å². The Morgan fingerprint density at radius 2 is 1.69 bits per heavy atom. The molecule has 3 aromatic rings. The molecular weight excluding hydrogens is 562 g/mol. The lowest BCUT2D eigenvalue weighted by Crippen LogP contribution is -2.34. The first-order chi connectivity index (χ1) is 13.9. The van der Waals surface area contributed by atoms with Crippen LogP contribution in [0.25, 0.3) is 16.7 Å². The van der Waals surface area contributed by atoms with Crippen molar-refractivity contribution >= 4 is 64.5 Å². The molecule has 1 saturated heterocycles. The summed E-state index contributed by atoms with van der Waals surface area (Å²) in [5, 5.41) is 10.5. The maximum atomic E-state index is 9.25. The van der Waals surface area contributed by atoms with E-state index in [1.807, 2.05) is 0 Å². The van der Waals surface area contributed by atoms with Crippen LogP contribution in [0.5, 0.6) is 0 Å². The van der Waals surface area contributed by atoms with Crippen molar-refractivity contribution < 1.29 is 5.11 Å².